The zero-order valence-electron chi connectivity index (χ0n) is 17.1. The van der Waals surface area contributed by atoms with Crippen LogP contribution in [0, 0.1) is 0 Å². The van der Waals surface area contributed by atoms with Gasteiger partial charge in [-0.2, -0.15) is 0 Å². The van der Waals surface area contributed by atoms with Gasteiger partial charge in [0.05, 0.1) is 0 Å². The van der Waals surface area contributed by atoms with Crippen LogP contribution in [0.3, 0.4) is 0 Å². The second-order valence-corrected chi connectivity index (χ2v) is 8.29. The number of hydrogen-bond acceptors (Lipinski definition) is 3. The molecule has 0 fully saturated rings. The largest absolute Gasteiger partial charge is 0.489 e. The Morgan fingerprint density at radius 1 is 1.03 bits per heavy atom. The summed E-state index contributed by atoms with van der Waals surface area (Å²) in [5, 5.41) is 15.0. The van der Waals surface area contributed by atoms with Gasteiger partial charge in [0.25, 0.3) is 0 Å². The summed E-state index contributed by atoms with van der Waals surface area (Å²) in [7, 11) is 0. The normalized spacial score (nSPS) is 12.1. The second kappa shape index (κ2) is 10.1. The van der Waals surface area contributed by atoms with E-state index in [2.05, 4.69) is 10.3 Å². The summed E-state index contributed by atoms with van der Waals surface area (Å²) in [5.41, 5.74) is 3.60. The standard InChI is InChI=1S/C25H22Cl2N2O3/c26-21-8-4-9-22(27)20(21)15-32-18-6-3-5-16(11-18)13-28-24(25(30)31)12-17-14-29-23-10-2-1-7-19(17)23/h1-11,14,24,28-29H,12-13,15H2,(H,30,31)/t24-/m0/s1. The highest BCUT2D eigenvalue weighted by molar-refractivity contribution is 6.35. The molecule has 0 saturated heterocycles. The van der Waals surface area contributed by atoms with Gasteiger partial charge in [0.2, 0.25) is 0 Å². The Morgan fingerprint density at radius 2 is 1.78 bits per heavy atom. The SMILES string of the molecule is O=C(O)[C@H](Cc1c[nH]c2ccccc12)NCc1cccc(OCc2c(Cl)cccc2Cl)c1. The van der Waals surface area contributed by atoms with Gasteiger partial charge in [-0.05, 0) is 41.5 Å². The van der Waals surface area contributed by atoms with Crippen molar-refractivity contribution in [3.8, 4) is 5.75 Å². The molecule has 3 aromatic carbocycles. The van der Waals surface area contributed by atoms with Crippen LogP contribution in [0.2, 0.25) is 10.0 Å². The molecule has 0 aliphatic rings. The van der Waals surface area contributed by atoms with Gasteiger partial charge < -0.3 is 20.1 Å². The Morgan fingerprint density at radius 3 is 2.56 bits per heavy atom. The van der Waals surface area contributed by atoms with E-state index in [9.17, 15) is 9.90 Å². The fourth-order valence-electron chi connectivity index (χ4n) is 3.58. The van der Waals surface area contributed by atoms with Gasteiger partial charge in [0, 0.05) is 45.7 Å². The molecule has 1 atom stereocenters. The molecule has 5 nitrogen and oxygen atoms in total. The molecule has 3 N–H and O–H groups in total. The summed E-state index contributed by atoms with van der Waals surface area (Å²) in [6.45, 7) is 0.636. The summed E-state index contributed by atoms with van der Waals surface area (Å²) >= 11 is 12.4. The number of carbonyl (C=O) groups is 1. The van der Waals surface area contributed by atoms with Gasteiger partial charge >= 0.3 is 5.97 Å². The molecular weight excluding hydrogens is 447 g/mol. The summed E-state index contributed by atoms with van der Waals surface area (Å²) in [6.07, 6.45) is 2.25. The number of fused-ring (bicyclic) bond motifs is 1. The molecule has 0 amide bonds. The Hall–Kier alpha value is -2.99. The molecule has 164 valence electrons. The quantitative estimate of drug-likeness (QED) is 0.288. The minimum atomic E-state index is -0.893. The van der Waals surface area contributed by atoms with E-state index < -0.39 is 12.0 Å². The van der Waals surface area contributed by atoms with Crippen molar-refractivity contribution in [2.24, 2.45) is 0 Å². The number of aromatic amines is 1. The van der Waals surface area contributed by atoms with Crippen molar-refractivity contribution in [2.45, 2.75) is 25.6 Å². The molecule has 4 rings (SSSR count). The topological polar surface area (TPSA) is 74.3 Å². The third-order valence-electron chi connectivity index (χ3n) is 5.29. The number of H-pyrrole nitrogens is 1. The van der Waals surface area contributed by atoms with Gasteiger partial charge in [0.1, 0.15) is 18.4 Å². The molecule has 0 aliphatic carbocycles. The molecule has 32 heavy (non-hydrogen) atoms. The first kappa shape index (κ1) is 22.2. The Bertz CT molecular complexity index is 1220. The number of benzene rings is 3. The number of hydrogen-bond donors (Lipinski definition) is 3. The first-order chi connectivity index (χ1) is 15.5. The maximum Gasteiger partial charge on any atom is 0.321 e. The predicted molar refractivity (Wildman–Crippen MR) is 128 cm³/mol. The Kier molecular flexibility index (Phi) is 7.00. The van der Waals surface area contributed by atoms with Gasteiger partial charge in [-0.3, -0.25) is 4.79 Å². The zero-order valence-corrected chi connectivity index (χ0v) is 18.7. The van der Waals surface area contributed by atoms with Crippen molar-refractivity contribution in [1.82, 2.24) is 10.3 Å². The zero-order chi connectivity index (χ0) is 22.5. The monoisotopic (exact) mass is 468 g/mol. The number of nitrogens with one attached hydrogen (secondary N) is 2. The highest BCUT2D eigenvalue weighted by Crippen LogP contribution is 2.26. The molecule has 0 aliphatic heterocycles. The third kappa shape index (κ3) is 5.25. The number of carboxylic acid groups (broad SMARTS) is 1. The molecule has 0 bridgehead atoms. The van der Waals surface area contributed by atoms with E-state index in [0.29, 0.717) is 28.8 Å². The predicted octanol–water partition coefficient (Wildman–Crippen LogP) is 5.84. The molecule has 0 unspecified atom stereocenters. The van der Waals surface area contributed by atoms with E-state index in [-0.39, 0.29) is 6.61 Å². The van der Waals surface area contributed by atoms with Crippen LogP contribution in [-0.4, -0.2) is 22.1 Å². The smallest absolute Gasteiger partial charge is 0.321 e. The number of halogens is 2. The maximum absolute atomic E-state index is 11.9. The fraction of sp³-hybridized carbons (Fsp3) is 0.160. The number of aliphatic carboxylic acids is 1. The average molecular weight is 469 g/mol. The van der Waals surface area contributed by atoms with Crippen molar-refractivity contribution >= 4 is 40.1 Å². The lowest BCUT2D eigenvalue weighted by Gasteiger charge is -2.15. The van der Waals surface area contributed by atoms with E-state index in [1.807, 2.05) is 54.7 Å². The van der Waals surface area contributed by atoms with Crippen LogP contribution in [0.25, 0.3) is 10.9 Å². The Labute approximate surface area is 195 Å². The van der Waals surface area contributed by atoms with Crippen LogP contribution in [0.1, 0.15) is 16.7 Å². The highest BCUT2D eigenvalue weighted by Gasteiger charge is 2.19. The molecule has 0 saturated carbocycles. The first-order valence-electron chi connectivity index (χ1n) is 10.2. The van der Waals surface area contributed by atoms with Gasteiger partial charge in [0.15, 0.2) is 0 Å². The number of rotatable bonds is 9. The van der Waals surface area contributed by atoms with E-state index in [1.165, 1.54) is 0 Å². The lowest BCUT2D eigenvalue weighted by molar-refractivity contribution is -0.139. The summed E-state index contributed by atoms with van der Waals surface area (Å²) in [5.74, 6) is -0.236. The number of ether oxygens (including phenoxy) is 1. The number of aromatic nitrogens is 1. The third-order valence-corrected chi connectivity index (χ3v) is 6.00. The van der Waals surface area contributed by atoms with Crippen molar-refractivity contribution in [1.29, 1.82) is 0 Å². The summed E-state index contributed by atoms with van der Waals surface area (Å²) in [4.78, 5) is 15.0. The second-order valence-electron chi connectivity index (χ2n) is 7.47. The minimum Gasteiger partial charge on any atom is -0.489 e. The maximum atomic E-state index is 11.9. The summed E-state index contributed by atoms with van der Waals surface area (Å²) < 4.78 is 5.86. The van der Waals surface area contributed by atoms with Crippen LogP contribution in [-0.2, 0) is 24.4 Å². The highest BCUT2D eigenvalue weighted by atomic mass is 35.5. The average Bonchev–Trinajstić information content (AvgIpc) is 3.19. The van der Waals surface area contributed by atoms with Crippen LogP contribution >= 0.6 is 23.2 Å². The molecule has 7 heteroatoms. The van der Waals surface area contributed by atoms with Gasteiger partial charge in [-0.25, -0.2) is 0 Å². The number of carboxylic acids is 1. The van der Waals surface area contributed by atoms with Gasteiger partial charge in [-0.1, -0.05) is 59.6 Å². The van der Waals surface area contributed by atoms with E-state index >= 15 is 0 Å². The van der Waals surface area contributed by atoms with E-state index in [1.54, 1.807) is 18.2 Å². The van der Waals surface area contributed by atoms with Crippen LogP contribution in [0.4, 0.5) is 0 Å². The molecular formula is C25H22Cl2N2O3. The lowest BCUT2D eigenvalue weighted by atomic mass is 10.0. The van der Waals surface area contributed by atoms with E-state index in [4.69, 9.17) is 27.9 Å². The Balaban J connectivity index is 1.40. The van der Waals surface area contributed by atoms with Crippen molar-refractivity contribution in [2.75, 3.05) is 0 Å². The molecule has 1 aromatic heterocycles. The van der Waals surface area contributed by atoms with E-state index in [0.717, 1.165) is 27.6 Å². The van der Waals surface area contributed by atoms with Crippen LogP contribution < -0.4 is 10.1 Å². The van der Waals surface area contributed by atoms with Crippen LogP contribution in [0.5, 0.6) is 5.75 Å². The van der Waals surface area contributed by atoms with Gasteiger partial charge in [-0.15, -0.1) is 0 Å². The molecule has 4 aromatic rings. The lowest BCUT2D eigenvalue weighted by Crippen LogP contribution is -2.38. The summed E-state index contributed by atoms with van der Waals surface area (Å²) in [6, 6.07) is 20.0. The first-order valence-corrected chi connectivity index (χ1v) is 10.9. The fourth-order valence-corrected chi connectivity index (χ4v) is 4.09. The van der Waals surface area contributed by atoms with Crippen LogP contribution in [0.15, 0.2) is 72.9 Å². The van der Waals surface area contributed by atoms with Crippen molar-refractivity contribution in [3.05, 3.63) is 99.7 Å². The number of para-hydroxylation sites is 1. The molecule has 1 heterocycles. The van der Waals surface area contributed by atoms with Crippen molar-refractivity contribution in [3.63, 3.8) is 0 Å². The van der Waals surface area contributed by atoms with Crippen molar-refractivity contribution < 1.29 is 14.6 Å². The molecule has 0 radical (unpaired) electrons. The molecule has 0 spiro atoms. The minimum absolute atomic E-state index is 0.244.